The predicted octanol–water partition coefficient (Wildman–Crippen LogP) is 2.71. The lowest BCUT2D eigenvalue weighted by Gasteiger charge is -2.12. The van der Waals surface area contributed by atoms with Crippen LogP contribution in [0.3, 0.4) is 0 Å². The average Bonchev–Trinajstić information content (AvgIpc) is 2.97. The number of nitrogens with zero attached hydrogens (tertiary/aromatic N) is 3. The minimum atomic E-state index is -3.94. The molecule has 0 saturated carbocycles. The number of nitrogens with two attached hydrogens (primary N) is 1. The highest BCUT2D eigenvalue weighted by Gasteiger charge is 2.21. The second-order valence-electron chi connectivity index (χ2n) is 7.09. The van der Waals surface area contributed by atoms with Crippen LogP contribution in [-0.2, 0) is 23.0 Å². The van der Waals surface area contributed by atoms with E-state index in [1.807, 2.05) is 4.57 Å². The van der Waals surface area contributed by atoms with Crippen molar-refractivity contribution < 1.29 is 17.6 Å². The summed E-state index contributed by atoms with van der Waals surface area (Å²) in [4.78, 5) is 11.1. The third-order valence-electron chi connectivity index (χ3n) is 5.02. The van der Waals surface area contributed by atoms with Gasteiger partial charge in [-0.25, -0.2) is 12.8 Å². The molecule has 3 aromatic rings. The van der Waals surface area contributed by atoms with Gasteiger partial charge in [-0.2, -0.15) is 0 Å². The molecule has 3 N–H and O–H groups in total. The smallest absolute Gasteiger partial charge is 0.261 e. The molecule has 2 aromatic carbocycles. The van der Waals surface area contributed by atoms with Gasteiger partial charge in [0.15, 0.2) is 5.82 Å². The third kappa shape index (κ3) is 3.90. The topological polar surface area (TPSA) is 120 Å². The van der Waals surface area contributed by atoms with Crippen LogP contribution in [0.1, 0.15) is 35.4 Å². The average molecular weight is 429 g/mol. The fourth-order valence-corrected chi connectivity index (χ4v) is 4.51. The number of halogens is 1. The minimum Gasteiger partial charge on any atom is -0.366 e. The van der Waals surface area contributed by atoms with E-state index in [1.54, 1.807) is 0 Å². The fourth-order valence-electron chi connectivity index (χ4n) is 3.46. The molecule has 0 aliphatic carbocycles. The normalized spacial score (nSPS) is 14.0. The number of amides is 1. The Labute approximate surface area is 173 Å². The van der Waals surface area contributed by atoms with E-state index in [4.69, 9.17) is 5.73 Å². The number of primary amides is 1. The van der Waals surface area contributed by atoms with Crippen molar-refractivity contribution in [2.75, 3.05) is 4.72 Å². The summed E-state index contributed by atoms with van der Waals surface area (Å²) in [6.45, 7) is 0.694. The minimum absolute atomic E-state index is 0.0466. The summed E-state index contributed by atoms with van der Waals surface area (Å²) in [6.07, 6.45) is 3.81. The number of carbonyl (C=O) groups excluding carboxylic acids is 1. The number of fused-ring (bicyclic) bond motifs is 1. The van der Waals surface area contributed by atoms with E-state index in [0.29, 0.717) is 12.4 Å². The highest BCUT2D eigenvalue weighted by atomic mass is 32.2. The number of rotatable bonds is 5. The molecule has 2 heterocycles. The number of sulfonamides is 1. The van der Waals surface area contributed by atoms with Crippen molar-refractivity contribution >= 4 is 21.6 Å². The van der Waals surface area contributed by atoms with Crippen molar-refractivity contribution in [1.82, 2.24) is 14.8 Å². The number of benzene rings is 2. The quantitative estimate of drug-likeness (QED) is 0.646. The summed E-state index contributed by atoms with van der Waals surface area (Å²) < 4.78 is 44.3. The maximum atomic E-state index is 14.6. The standard InChI is InChI=1S/C20H20FN5O3S/c21-17-10-7-14(25-30(28,29)15-8-5-13(6-9-15)19(22)27)12-16(17)20-24-23-18-4-2-1-3-11-26(18)20/h5-10,12,25H,1-4,11H2,(H2,22,27). The van der Waals surface area contributed by atoms with Gasteiger partial charge in [-0.3, -0.25) is 9.52 Å². The number of hydrogen-bond donors (Lipinski definition) is 2. The molecule has 1 amide bonds. The molecule has 1 aliphatic heterocycles. The first kappa shape index (κ1) is 20.0. The van der Waals surface area contributed by atoms with Gasteiger partial charge in [0.1, 0.15) is 11.6 Å². The summed E-state index contributed by atoms with van der Waals surface area (Å²) in [6, 6.07) is 9.18. The van der Waals surface area contributed by atoms with E-state index >= 15 is 0 Å². The first-order valence-corrected chi connectivity index (χ1v) is 11.0. The van der Waals surface area contributed by atoms with Crippen molar-refractivity contribution in [2.45, 2.75) is 37.1 Å². The van der Waals surface area contributed by atoms with Crippen molar-refractivity contribution in [3.63, 3.8) is 0 Å². The Balaban J connectivity index is 1.65. The van der Waals surface area contributed by atoms with Gasteiger partial charge in [0.25, 0.3) is 10.0 Å². The zero-order valence-electron chi connectivity index (χ0n) is 16.0. The molecule has 0 bridgehead atoms. The highest BCUT2D eigenvalue weighted by Crippen LogP contribution is 2.28. The van der Waals surface area contributed by atoms with Crippen LogP contribution < -0.4 is 10.5 Å². The van der Waals surface area contributed by atoms with E-state index < -0.39 is 21.7 Å². The van der Waals surface area contributed by atoms with Gasteiger partial charge in [0, 0.05) is 24.2 Å². The summed E-state index contributed by atoms with van der Waals surface area (Å²) in [5.74, 6) is 0.0319. The molecule has 8 nitrogen and oxygen atoms in total. The van der Waals surface area contributed by atoms with Crippen LogP contribution in [0.4, 0.5) is 10.1 Å². The van der Waals surface area contributed by atoms with Gasteiger partial charge in [-0.15, -0.1) is 10.2 Å². The first-order chi connectivity index (χ1) is 14.3. The Kier molecular flexibility index (Phi) is 5.25. The molecule has 1 aromatic heterocycles. The van der Waals surface area contributed by atoms with Crippen LogP contribution in [0.25, 0.3) is 11.4 Å². The van der Waals surface area contributed by atoms with Gasteiger partial charge < -0.3 is 10.3 Å². The summed E-state index contributed by atoms with van der Waals surface area (Å²) in [5, 5.41) is 8.32. The zero-order chi connectivity index (χ0) is 21.3. The van der Waals surface area contributed by atoms with Gasteiger partial charge in [-0.1, -0.05) is 6.42 Å². The summed E-state index contributed by atoms with van der Waals surface area (Å²) in [5.41, 5.74) is 5.75. The summed E-state index contributed by atoms with van der Waals surface area (Å²) >= 11 is 0. The van der Waals surface area contributed by atoms with Crippen LogP contribution in [-0.4, -0.2) is 29.1 Å². The van der Waals surface area contributed by atoms with Crippen LogP contribution in [0, 0.1) is 5.82 Å². The number of hydrogen-bond acceptors (Lipinski definition) is 5. The molecule has 30 heavy (non-hydrogen) atoms. The van der Waals surface area contributed by atoms with Gasteiger partial charge in [0.05, 0.1) is 10.5 Å². The van der Waals surface area contributed by atoms with Crippen molar-refractivity contribution in [2.24, 2.45) is 5.73 Å². The molecule has 0 unspecified atom stereocenters. The monoisotopic (exact) mass is 429 g/mol. The van der Waals surface area contributed by atoms with Gasteiger partial charge in [0.2, 0.25) is 5.91 Å². The SMILES string of the molecule is NC(=O)c1ccc(S(=O)(=O)Nc2ccc(F)c(-c3nnc4n3CCCCC4)c2)cc1. The van der Waals surface area contributed by atoms with Crippen LogP contribution in [0.5, 0.6) is 0 Å². The molecule has 4 rings (SSSR count). The van der Waals surface area contributed by atoms with E-state index in [1.165, 1.54) is 42.5 Å². The molecule has 0 spiro atoms. The molecular formula is C20H20FN5O3S. The largest absolute Gasteiger partial charge is 0.366 e. The van der Waals surface area contributed by atoms with Crippen LogP contribution >= 0.6 is 0 Å². The van der Waals surface area contributed by atoms with E-state index in [9.17, 15) is 17.6 Å². The zero-order valence-corrected chi connectivity index (χ0v) is 16.8. The first-order valence-electron chi connectivity index (χ1n) is 9.50. The lowest BCUT2D eigenvalue weighted by Crippen LogP contribution is -2.15. The number of aryl methyl sites for hydroxylation is 1. The second kappa shape index (κ2) is 7.86. The van der Waals surface area contributed by atoms with Crippen molar-refractivity contribution in [3.8, 4) is 11.4 Å². The van der Waals surface area contributed by atoms with E-state index in [0.717, 1.165) is 31.5 Å². The van der Waals surface area contributed by atoms with Crippen molar-refractivity contribution in [3.05, 3.63) is 59.7 Å². The molecule has 10 heteroatoms. The van der Waals surface area contributed by atoms with Gasteiger partial charge in [-0.05, 0) is 55.3 Å². The second-order valence-corrected chi connectivity index (χ2v) is 8.77. The van der Waals surface area contributed by atoms with Gasteiger partial charge >= 0.3 is 0 Å². The van der Waals surface area contributed by atoms with Crippen molar-refractivity contribution in [1.29, 1.82) is 0 Å². The molecule has 0 atom stereocenters. The van der Waals surface area contributed by atoms with E-state index in [2.05, 4.69) is 14.9 Å². The Morgan fingerprint density at radius 1 is 1.07 bits per heavy atom. The number of carbonyl (C=O) groups is 1. The Morgan fingerprint density at radius 3 is 2.57 bits per heavy atom. The number of aromatic nitrogens is 3. The maximum absolute atomic E-state index is 14.6. The van der Waals surface area contributed by atoms with Crippen LogP contribution in [0.15, 0.2) is 47.4 Å². The molecule has 0 radical (unpaired) electrons. The molecule has 0 saturated heterocycles. The van der Waals surface area contributed by atoms with E-state index in [-0.39, 0.29) is 21.7 Å². The lowest BCUT2D eigenvalue weighted by atomic mass is 10.1. The van der Waals surface area contributed by atoms with Crippen LogP contribution in [0.2, 0.25) is 0 Å². The molecular weight excluding hydrogens is 409 g/mol. The Morgan fingerprint density at radius 2 is 1.83 bits per heavy atom. The predicted molar refractivity (Wildman–Crippen MR) is 109 cm³/mol. The number of anilines is 1. The molecule has 1 aliphatic rings. The Hall–Kier alpha value is -3.27. The third-order valence-corrected chi connectivity index (χ3v) is 6.42. The maximum Gasteiger partial charge on any atom is 0.261 e. The fraction of sp³-hybridized carbons (Fsp3) is 0.250. The number of nitrogens with one attached hydrogen (secondary N) is 1. The molecule has 0 fully saturated rings. The molecule has 156 valence electrons. The summed E-state index contributed by atoms with van der Waals surface area (Å²) in [7, 11) is -3.94. The Bertz CT molecular complexity index is 1210. The highest BCUT2D eigenvalue weighted by molar-refractivity contribution is 7.92. The lowest BCUT2D eigenvalue weighted by molar-refractivity contribution is 0.1000.